The standard InChI is InChI=1S/C25H22BrN3O5S/c1-2-34-25(32)17-8-6-15(7-9-17)12-33-13-18-14-35-24-20(18)22(30)28-21(29-24)23(31)27-11-16-4-3-5-19(26)10-16/h3-10,14H,2,11-13H2,1H3,(H,27,31)(H,28,29,30). The highest BCUT2D eigenvalue weighted by Gasteiger charge is 2.16. The third-order valence-corrected chi connectivity index (χ3v) is 6.48. The lowest BCUT2D eigenvalue weighted by Crippen LogP contribution is -2.27. The van der Waals surface area contributed by atoms with E-state index in [1.54, 1.807) is 36.6 Å². The summed E-state index contributed by atoms with van der Waals surface area (Å²) < 4.78 is 11.7. The molecule has 0 spiro atoms. The summed E-state index contributed by atoms with van der Waals surface area (Å²) in [5, 5.41) is 4.99. The molecule has 4 rings (SSSR count). The Balaban J connectivity index is 1.38. The molecule has 10 heteroatoms. The Hall–Kier alpha value is -3.34. The average molecular weight is 556 g/mol. The second-order valence-corrected chi connectivity index (χ2v) is 9.35. The minimum atomic E-state index is -0.457. The molecule has 4 aromatic rings. The van der Waals surface area contributed by atoms with E-state index >= 15 is 0 Å². The van der Waals surface area contributed by atoms with E-state index in [1.807, 2.05) is 24.3 Å². The molecule has 0 aliphatic carbocycles. The van der Waals surface area contributed by atoms with Gasteiger partial charge in [0.15, 0.2) is 0 Å². The molecule has 0 unspecified atom stereocenters. The van der Waals surface area contributed by atoms with Crippen LogP contribution in [0.25, 0.3) is 10.2 Å². The molecule has 0 saturated heterocycles. The van der Waals surface area contributed by atoms with Crippen molar-refractivity contribution in [2.75, 3.05) is 6.61 Å². The molecule has 180 valence electrons. The summed E-state index contributed by atoms with van der Waals surface area (Å²) in [7, 11) is 0. The topological polar surface area (TPSA) is 110 Å². The number of esters is 1. The number of carbonyl (C=O) groups excluding carboxylic acids is 2. The van der Waals surface area contributed by atoms with Crippen LogP contribution in [0.4, 0.5) is 0 Å². The van der Waals surface area contributed by atoms with Crippen molar-refractivity contribution < 1.29 is 19.1 Å². The van der Waals surface area contributed by atoms with Crippen LogP contribution in [0.2, 0.25) is 0 Å². The number of rotatable bonds is 9. The SMILES string of the molecule is CCOC(=O)c1ccc(COCc2csc3nc(C(=O)NCc4cccc(Br)c4)[nH]c(=O)c23)cc1. The number of hydrogen-bond donors (Lipinski definition) is 2. The highest BCUT2D eigenvalue weighted by molar-refractivity contribution is 9.10. The summed E-state index contributed by atoms with van der Waals surface area (Å²) in [6.07, 6.45) is 0. The van der Waals surface area contributed by atoms with Crippen molar-refractivity contribution in [3.05, 3.63) is 96.8 Å². The highest BCUT2D eigenvalue weighted by atomic mass is 79.9. The Morgan fingerprint density at radius 3 is 2.66 bits per heavy atom. The number of hydrogen-bond acceptors (Lipinski definition) is 7. The molecule has 0 bridgehead atoms. The van der Waals surface area contributed by atoms with E-state index in [2.05, 4.69) is 31.2 Å². The molecule has 0 radical (unpaired) electrons. The fraction of sp³-hybridized carbons (Fsp3) is 0.200. The zero-order valence-corrected chi connectivity index (χ0v) is 21.2. The molecule has 2 heterocycles. The Bertz CT molecular complexity index is 1410. The van der Waals surface area contributed by atoms with Crippen LogP contribution in [-0.2, 0) is 29.2 Å². The van der Waals surface area contributed by atoms with E-state index < -0.39 is 5.91 Å². The van der Waals surface area contributed by atoms with Crippen molar-refractivity contribution in [3.63, 3.8) is 0 Å². The molecule has 0 fully saturated rings. The third kappa shape index (κ3) is 6.21. The smallest absolute Gasteiger partial charge is 0.338 e. The van der Waals surface area contributed by atoms with Gasteiger partial charge in [-0.3, -0.25) is 9.59 Å². The second-order valence-electron chi connectivity index (χ2n) is 7.58. The minimum Gasteiger partial charge on any atom is -0.462 e. The first-order chi connectivity index (χ1) is 16.9. The number of halogens is 1. The van der Waals surface area contributed by atoms with Crippen LogP contribution in [-0.4, -0.2) is 28.5 Å². The van der Waals surface area contributed by atoms with E-state index in [1.165, 1.54) is 11.3 Å². The number of aromatic nitrogens is 2. The highest BCUT2D eigenvalue weighted by Crippen LogP contribution is 2.22. The van der Waals surface area contributed by atoms with Gasteiger partial charge in [0.1, 0.15) is 4.83 Å². The number of fused-ring (bicyclic) bond motifs is 1. The first-order valence-electron chi connectivity index (χ1n) is 10.8. The number of nitrogens with zero attached hydrogens (tertiary/aromatic N) is 1. The Kier molecular flexibility index (Phi) is 8.06. The maximum absolute atomic E-state index is 12.7. The monoisotopic (exact) mass is 555 g/mol. The van der Waals surface area contributed by atoms with E-state index in [0.29, 0.717) is 41.1 Å². The van der Waals surface area contributed by atoms with E-state index in [9.17, 15) is 14.4 Å². The second kappa shape index (κ2) is 11.4. The Morgan fingerprint density at radius 2 is 1.91 bits per heavy atom. The molecule has 35 heavy (non-hydrogen) atoms. The lowest BCUT2D eigenvalue weighted by Gasteiger charge is -2.06. The van der Waals surface area contributed by atoms with Gasteiger partial charge in [-0.2, -0.15) is 0 Å². The van der Waals surface area contributed by atoms with Gasteiger partial charge >= 0.3 is 5.97 Å². The van der Waals surface area contributed by atoms with Gasteiger partial charge in [0.05, 0.1) is 30.8 Å². The quantitative estimate of drug-likeness (QED) is 0.293. The number of amides is 1. The lowest BCUT2D eigenvalue weighted by atomic mass is 10.1. The minimum absolute atomic E-state index is 0.0338. The molecular formula is C25H22BrN3O5S. The number of thiophene rings is 1. The molecule has 8 nitrogen and oxygen atoms in total. The summed E-state index contributed by atoms with van der Waals surface area (Å²) >= 11 is 4.68. The van der Waals surface area contributed by atoms with Crippen molar-refractivity contribution in [2.45, 2.75) is 26.7 Å². The predicted octanol–water partition coefficient (Wildman–Crippen LogP) is 4.57. The summed E-state index contributed by atoms with van der Waals surface area (Å²) in [5.74, 6) is -0.854. The zero-order valence-electron chi connectivity index (χ0n) is 18.8. The van der Waals surface area contributed by atoms with Gasteiger partial charge in [-0.1, -0.05) is 40.2 Å². The van der Waals surface area contributed by atoms with Gasteiger partial charge < -0.3 is 19.8 Å². The summed E-state index contributed by atoms with van der Waals surface area (Å²) in [6.45, 7) is 2.91. The molecule has 1 amide bonds. The zero-order chi connectivity index (χ0) is 24.8. The van der Waals surface area contributed by atoms with Crippen LogP contribution in [0, 0.1) is 0 Å². The normalized spacial score (nSPS) is 10.9. The van der Waals surface area contributed by atoms with Crippen molar-refractivity contribution in [2.24, 2.45) is 0 Å². The molecule has 0 aliphatic rings. The number of H-pyrrole nitrogens is 1. The predicted molar refractivity (Wildman–Crippen MR) is 136 cm³/mol. The van der Waals surface area contributed by atoms with E-state index in [4.69, 9.17) is 9.47 Å². The lowest BCUT2D eigenvalue weighted by molar-refractivity contribution is 0.0526. The molecule has 2 aromatic carbocycles. The number of benzene rings is 2. The molecule has 0 atom stereocenters. The number of nitrogens with one attached hydrogen (secondary N) is 2. The van der Waals surface area contributed by atoms with Gasteiger partial charge in [0.25, 0.3) is 11.5 Å². The van der Waals surface area contributed by atoms with Crippen LogP contribution >= 0.6 is 27.3 Å². The van der Waals surface area contributed by atoms with Gasteiger partial charge in [-0.15, -0.1) is 11.3 Å². The first kappa shape index (κ1) is 24.8. The maximum atomic E-state index is 12.7. The molecular weight excluding hydrogens is 534 g/mol. The number of carbonyl (C=O) groups is 2. The third-order valence-electron chi connectivity index (χ3n) is 5.07. The van der Waals surface area contributed by atoms with Gasteiger partial charge in [0, 0.05) is 16.6 Å². The molecule has 2 aromatic heterocycles. The van der Waals surface area contributed by atoms with E-state index in [0.717, 1.165) is 15.6 Å². The Labute approximate surface area is 213 Å². The fourth-order valence-electron chi connectivity index (χ4n) is 3.36. The maximum Gasteiger partial charge on any atom is 0.338 e. The summed E-state index contributed by atoms with van der Waals surface area (Å²) in [4.78, 5) is 44.4. The molecule has 0 aliphatic heterocycles. The van der Waals surface area contributed by atoms with Crippen LogP contribution in [0.1, 0.15) is 44.6 Å². The average Bonchev–Trinajstić information content (AvgIpc) is 3.26. The summed E-state index contributed by atoms with van der Waals surface area (Å²) in [5.41, 5.74) is 2.59. The van der Waals surface area contributed by atoms with Gasteiger partial charge in [-0.05, 0) is 47.7 Å². The summed E-state index contributed by atoms with van der Waals surface area (Å²) in [6, 6.07) is 14.5. The largest absolute Gasteiger partial charge is 0.462 e. The van der Waals surface area contributed by atoms with Crippen molar-refractivity contribution in [3.8, 4) is 0 Å². The number of ether oxygens (including phenoxy) is 2. The van der Waals surface area contributed by atoms with Crippen LogP contribution in [0.15, 0.2) is 63.2 Å². The fourth-order valence-corrected chi connectivity index (χ4v) is 4.74. The number of aromatic amines is 1. The van der Waals surface area contributed by atoms with Crippen molar-refractivity contribution in [1.82, 2.24) is 15.3 Å². The Morgan fingerprint density at radius 1 is 1.11 bits per heavy atom. The van der Waals surface area contributed by atoms with Gasteiger partial charge in [0.2, 0.25) is 5.82 Å². The molecule has 2 N–H and O–H groups in total. The first-order valence-corrected chi connectivity index (χ1v) is 12.5. The van der Waals surface area contributed by atoms with Crippen LogP contribution < -0.4 is 10.9 Å². The van der Waals surface area contributed by atoms with Gasteiger partial charge in [-0.25, -0.2) is 9.78 Å². The van der Waals surface area contributed by atoms with Crippen molar-refractivity contribution in [1.29, 1.82) is 0 Å². The van der Waals surface area contributed by atoms with Crippen molar-refractivity contribution >= 4 is 49.4 Å². The molecule has 0 saturated carbocycles. The van der Waals surface area contributed by atoms with E-state index in [-0.39, 0.29) is 24.0 Å². The van der Waals surface area contributed by atoms with Crippen LogP contribution in [0.5, 0.6) is 0 Å². The van der Waals surface area contributed by atoms with Crippen LogP contribution in [0.3, 0.4) is 0 Å².